The van der Waals surface area contributed by atoms with Crippen LogP contribution >= 0.6 is 0 Å². The monoisotopic (exact) mass is 518 g/mol. The fourth-order valence-corrected chi connectivity index (χ4v) is 4.44. The number of esters is 1. The third-order valence-corrected chi connectivity index (χ3v) is 6.62. The van der Waals surface area contributed by atoms with Gasteiger partial charge in [0.05, 0.1) is 25.4 Å². The van der Waals surface area contributed by atoms with Gasteiger partial charge in [0.25, 0.3) is 0 Å². The number of fused-ring (bicyclic) bond motifs is 1. The first-order valence-electron chi connectivity index (χ1n) is 11.1. The summed E-state index contributed by atoms with van der Waals surface area (Å²) in [5.41, 5.74) is -4.17. The zero-order chi connectivity index (χ0) is 27.0. The number of nitrogens with zero attached hydrogens (tertiary/aromatic N) is 2. The molecular weight excluding hydrogens is 496 g/mol. The number of methoxy groups -OCH3 is 2. The minimum atomic E-state index is -5.22. The molecule has 4 rings (SSSR count). The highest BCUT2D eigenvalue weighted by Gasteiger charge is 2.65. The van der Waals surface area contributed by atoms with E-state index in [0.29, 0.717) is 11.6 Å². The van der Waals surface area contributed by atoms with Gasteiger partial charge in [0.1, 0.15) is 17.3 Å². The number of pyridine rings is 1. The molecule has 1 saturated carbocycles. The fourth-order valence-electron chi connectivity index (χ4n) is 4.44. The number of ether oxygens (including phenoxy) is 2. The quantitative estimate of drug-likeness (QED) is 0.236. The Bertz CT molecular complexity index is 1400. The summed E-state index contributed by atoms with van der Waals surface area (Å²) < 4.78 is 67.4. The Morgan fingerprint density at radius 3 is 2.46 bits per heavy atom. The molecule has 7 nitrogen and oxygen atoms in total. The van der Waals surface area contributed by atoms with E-state index in [9.17, 15) is 32.3 Å². The van der Waals surface area contributed by atoms with E-state index in [0.717, 1.165) is 12.1 Å². The Hall–Kier alpha value is -4.02. The number of benzene rings is 2. The zero-order valence-corrected chi connectivity index (χ0v) is 19.8. The van der Waals surface area contributed by atoms with Crippen LogP contribution in [0.3, 0.4) is 0 Å². The Labute approximate surface area is 208 Å². The van der Waals surface area contributed by atoms with Crippen molar-refractivity contribution in [1.82, 2.24) is 4.98 Å². The molecule has 0 radical (unpaired) electrons. The number of hydrogen-bond donors (Lipinski definition) is 1. The van der Waals surface area contributed by atoms with Gasteiger partial charge in [0.2, 0.25) is 0 Å². The first-order valence-corrected chi connectivity index (χ1v) is 11.1. The molecule has 1 heterocycles. The van der Waals surface area contributed by atoms with Gasteiger partial charge < -0.3 is 14.6 Å². The van der Waals surface area contributed by atoms with Crippen molar-refractivity contribution in [3.05, 3.63) is 65.6 Å². The van der Waals surface area contributed by atoms with Crippen molar-refractivity contribution in [2.75, 3.05) is 14.2 Å². The van der Waals surface area contributed by atoms with Crippen molar-refractivity contribution < 1.29 is 41.7 Å². The summed E-state index contributed by atoms with van der Waals surface area (Å²) in [7, 11) is 2.49. The van der Waals surface area contributed by atoms with Gasteiger partial charge in [-0.2, -0.15) is 13.2 Å². The summed E-state index contributed by atoms with van der Waals surface area (Å²) in [6.45, 7) is 0. The van der Waals surface area contributed by atoms with E-state index in [-0.39, 0.29) is 41.1 Å². The third kappa shape index (κ3) is 4.73. The normalized spacial score (nSPS) is 16.4. The highest BCUT2D eigenvalue weighted by molar-refractivity contribution is 5.99. The van der Waals surface area contributed by atoms with E-state index in [1.807, 2.05) is 0 Å². The molecule has 1 atom stereocenters. The van der Waals surface area contributed by atoms with Crippen molar-refractivity contribution in [3.8, 4) is 5.75 Å². The Morgan fingerprint density at radius 1 is 1.14 bits per heavy atom. The predicted octanol–water partition coefficient (Wildman–Crippen LogP) is 5.63. The average Bonchev–Trinajstić information content (AvgIpc) is 3.65. The number of carbonyl (C=O) groups excluding carboxylic acids is 1. The number of hydrogen-bond acceptors (Lipinski definition) is 6. The van der Waals surface area contributed by atoms with Crippen molar-refractivity contribution >= 4 is 34.7 Å². The first-order chi connectivity index (χ1) is 17.5. The summed E-state index contributed by atoms with van der Waals surface area (Å²) in [4.78, 5) is 32.2. The number of aliphatic imine (C=N–C) groups is 1. The maximum atomic E-state index is 14.5. The number of carboxylic acid groups (broad SMARTS) is 1. The van der Waals surface area contributed by atoms with Crippen LogP contribution in [0.2, 0.25) is 0 Å². The Kier molecular flexibility index (Phi) is 6.66. The van der Waals surface area contributed by atoms with Crippen LogP contribution in [0.25, 0.3) is 10.9 Å². The molecule has 1 aliphatic carbocycles. The summed E-state index contributed by atoms with van der Waals surface area (Å²) in [5, 5.41) is 10.2. The minimum absolute atomic E-state index is 0.00832. The molecule has 1 N–H and O–H groups in total. The zero-order valence-electron chi connectivity index (χ0n) is 19.8. The van der Waals surface area contributed by atoms with Gasteiger partial charge in [-0.1, -0.05) is 6.07 Å². The lowest BCUT2D eigenvalue weighted by Gasteiger charge is -2.32. The first kappa shape index (κ1) is 26.1. The van der Waals surface area contributed by atoms with Crippen LogP contribution in [0, 0.1) is 11.2 Å². The second-order valence-corrected chi connectivity index (χ2v) is 8.87. The summed E-state index contributed by atoms with van der Waals surface area (Å²) in [5.74, 6) is -3.31. The number of alkyl halides is 3. The number of carboxylic acids is 1. The fraction of sp³-hybridized carbons (Fsp3) is 0.308. The molecule has 3 aromatic rings. The van der Waals surface area contributed by atoms with Crippen LogP contribution in [-0.2, 0) is 14.9 Å². The van der Waals surface area contributed by atoms with Crippen molar-refractivity contribution in [2.24, 2.45) is 10.4 Å². The number of rotatable bonds is 8. The van der Waals surface area contributed by atoms with Crippen molar-refractivity contribution in [1.29, 1.82) is 0 Å². The van der Waals surface area contributed by atoms with Crippen LogP contribution in [-0.4, -0.2) is 48.6 Å². The largest absolute Gasteiger partial charge is 0.496 e. The summed E-state index contributed by atoms with van der Waals surface area (Å²) in [6.07, 6.45) is -5.28. The van der Waals surface area contributed by atoms with Gasteiger partial charge in [-0.05, 0) is 61.7 Å². The molecule has 1 fully saturated rings. The topological polar surface area (TPSA) is 98.1 Å². The molecule has 1 aromatic heterocycles. The molecule has 0 amide bonds. The van der Waals surface area contributed by atoms with Crippen LogP contribution < -0.4 is 4.74 Å². The third-order valence-electron chi connectivity index (χ3n) is 6.62. The van der Waals surface area contributed by atoms with E-state index < -0.39 is 41.2 Å². The van der Waals surface area contributed by atoms with Crippen LogP contribution in [0.5, 0.6) is 5.75 Å². The molecule has 11 heteroatoms. The molecule has 2 aromatic carbocycles. The van der Waals surface area contributed by atoms with E-state index >= 15 is 0 Å². The molecule has 1 unspecified atom stereocenters. The number of aromatic nitrogens is 1. The van der Waals surface area contributed by atoms with E-state index in [1.165, 1.54) is 50.6 Å². The van der Waals surface area contributed by atoms with Gasteiger partial charge in [0.15, 0.2) is 5.41 Å². The summed E-state index contributed by atoms with van der Waals surface area (Å²) >= 11 is 0. The summed E-state index contributed by atoms with van der Waals surface area (Å²) in [6, 6.07) is 10.7. The van der Waals surface area contributed by atoms with Crippen LogP contribution in [0.1, 0.15) is 35.3 Å². The average molecular weight is 518 g/mol. The second-order valence-electron chi connectivity index (χ2n) is 8.87. The highest BCUT2D eigenvalue weighted by Crippen LogP contribution is 2.60. The lowest BCUT2D eigenvalue weighted by atomic mass is 9.74. The highest BCUT2D eigenvalue weighted by atomic mass is 19.4. The second kappa shape index (κ2) is 9.45. The standard InChI is InChI=1S/C26H22F4N2O5/c1-36-21-9-6-15(27)12-17(21)24(10-11-24)13-25(23(34)35,26(28,29)30)14-31-18-4-3-5-19-16(18)7-8-20(32-19)22(33)37-2/h3-9,12,14H,10-11,13H2,1-2H3,(H,34,35). The van der Waals surface area contributed by atoms with Crippen molar-refractivity contribution in [3.63, 3.8) is 0 Å². The maximum absolute atomic E-state index is 14.5. The van der Waals surface area contributed by atoms with E-state index in [2.05, 4.69) is 14.7 Å². The Balaban J connectivity index is 1.80. The van der Waals surface area contributed by atoms with Gasteiger partial charge in [-0.25, -0.2) is 14.2 Å². The molecule has 1 aliphatic rings. The van der Waals surface area contributed by atoms with Crippen molar-refractivity contribution in [2.45, 2.75) is 30.9 Å². The molecule has 0 bridgehead atoms. The van der Waals surface area contributed by atoms with Crippen LogP contribution in [0.4, 0.5) is 23.2 Å². The maximum Gasteiger partial charge on any atom is 0.409 e. The SMILES string of the molecule is COC(=O)c1ccc2c(N=CC(CC3(c4cc(F)ccc4OC)CC3)(C(=O)O)C(F)(F)F)cccc2n1. The molecule has 37 heavy (non-hydrogen) atoms. The molecule has 0 saturated heterocycles. The van der Waals surface area contributed by atoms with Gasteiger partial charge >= 0.3 is 18.1 Å². The number of carbonyl (C=O) groups is 2. The smallest absolute Gasteiger partial charge is 0.409 e. The van der Waals surface area contributed by atoms with E-state index in [1.54, 1.807) is 0 Å². The predicted molar refractivity (Wildman–Crippen MR) is 126 cm³/mol. The van der Waals surface area contributed by atoms with Gasteiger partial charge in [-0.15, -0.1) is 0 Å². The lowest BCUT2D eigenvalue weighted by Crippen LogP contribution is -2.48. The Morgan fingerprint density at radius 2 is 1.86 bits per heavy atom. The van der Waals surface area contributed by atoms with Crippen LogP contribution in [0.15, 0.2) is 53.5 Å². The number of aliphatic carboxylic acids is 1. The molecule has 194 valence electrons. The molecule has 0 aliphatic heterocycles. The lowest BCUT2D eigenvalue weighted by molar-refractivity contribution is -0.212. The minimum Gasteiger partial charge on any atom is -0.496 e. The number of halogens is 4. The van der Waals surface area contributed by atoms with E-state index in [4.69, 9.17) is 4.74 Å². The van der Waals surface area contributed by atoms with Gasteiger partial charge in [-0.3, -0.25) is 9.79 Å². The molecular formula is C26H22F4N2O5. The van der Waals surface area contributed by atoms with Gasteiger partial charge in [0, 0.05) is 22.6 Å². The molecule has 0 spiro atoms.